The molecule has 8 nitrogen and oxygen atoms in total. The van der Waals surface area contributed by atoms with E-state index in [1.54, 1.807) is 6.07 Å². The number of nitro benzene ring substituents is 1. The third-order valence-electron chi connectivity index (χ3n) is 4.09. The molecule has 1 aliphatic rings. The van der Waals surface area contributed by atoms with Crippen molar-refractivity contribution in [1.29, 1.82) is 0 Å². The van der Waals surface area contributed by atoms with Crippen LogP contribution < -0.4 is 20.1 Å². The van der Waals surface area contributed by atoms with Gasteiger partial charge in [-0.25, -0.2) is 0 Å². The topological polar surface area (TPSA) is 103 Å². The molecule has 8 heteroatoms. The lowest BCUT2D eigenvalue weighted by Crippen LogP contribution is -2.32. The van der Waals surface area contributed by atoms with E-state index in [-0.39, 0.29) is 17.6 Å². The van der Waals surface area contributed by atoms with Crippen LogP contribution in [-0.2, 0) is 11.2 Å². The predicted molar refractivity (Wildman–Crippen MR) is 88.6 cm³/mol. The van der Waals surface area contributed by atoms with Crippen molar-refractivity contribution >= 4 is 11.6 Å². The zero-order chi connectivity index (χ0) is 17.5. The van der Waals surface area contributed by atoms with Gasteiger partial charge in [0.2, 0.25) is 5.91 Å². The van der Waals surface area contributed by atoms with Crippen LogP contribution in [0.4, 0.5) is 5.69 Å². The van der Waals surface area contributed by atoms with Crippen LogP contribution in [0.15, 0.2) is 12.1 Å². The van der Waals surface area contributed by atoms with Crippen LogP contribution in [0, 0.1) is 10.1 Å². The molecular weight excluding hydrogens is 314 g/mol. The van der Waals surface area contributed by atoms with E-state index < -0.39 is 4.92 Å². The minimum Gasteiger partial charge on any atom is -0.493 e. The van der Waals surface area contributed by atoms with Gasteiger partial charge in [0.05, 0.1) is 25.2 Å². The molecule has 0 aliphatic carbocycles. The van der Waals surface area contributed by atoms with E-state index in [4.69, 9.17) is 9.47 Å². The van der Waals surface area contributed by atoms with E-state index >= 15 is 0 Å². The highest BCUT2D eigenvalue weighted by atomic mass is 16.6. The highest BCUT2D eigenvalue weighted by molar-refractivity contribution is 5.76. The monoisotopic (exact) mass is 337 g/mol. The van der Waals surface area contributed by atoms with Gasteiger partial charge in [-0.1, -0.05) is 0 Å². The number of methoxy groups -OCH3 is 2. The molecule has 1 fully saturated rings. The Morgan fingerprint density at radius 2 is 2.08 bits per heavy atom. The lowest BCUT2D eigenvalue weighted by atomic mass is 10.1. The third-order valence-corrected chi connectivity index (χ3v) is 4.09. The molecule has 1 aliphatic heterocycles. The van der Waals surface area contributed by atoms with Crippen LogP contribution in [0.2, 0.25) is 0 Å². The van der Waals surface area contributed by atoms with E-state index in [9.17, 15) is 14.9 Å². The number of hydrogen-bond donors (Lipinski definition) is 2. The summed E-state index contributed by atoms with van der Waals surface area (Å²) in [6.07, 6.45) is 2.89. The molecule has 0 spiro atoms. The van der Waals surface area contributed by atoms with Crippen LogP contribution in [0.5, 0.6) is 11.5 Å². The van der Waals surface area contributed by atoms with E-state index in [0.717, 1.165) is 19.4 Å². The molecule has 2 rings (SSSR count). The van der Waals surface area contributed by atoms with Crippen LogP contribution in [0.25, 0.3) is 0 Å². The molecule has 1 amide bonds. The number of nitrogens with one attached hydrogen (secondary N) is 2. The first-order chi connectivity index (χ1) is 11.5. The van der Waals surface area contributed by atoms with Crippen molar-refractivity contribution in [2.45, 2.75) is 31.7 Å². The fraction of sp³-hybridized carbons (Fsp3) is 0.562. The van der Waals surface area contributed by atoms with Crippen molar-refractivity contribution in [3.8, 4) is 11.5 Å². The van der Waals surface area contributed by atoms with Crippen molar-refractivity contribution in [3.05, 3.63) is 27.8 Å². The SMILES string of the molecule is COc1cc(CCNC(=O)CC2CCCN2)c([N+](=O)[O-])cc1OC. The number of carbonyl (C=O) groups is 1. The highest BCUT2D eigenvalue weighted by Gasteiger charge is 2.20. The van der Waals surface area contributed by atoms with Crippen LogP contribution in [0.1, 0.15) is 24.8 Å². The van der Waals surface area contributed by atoms with Gasteiger partial charge in [-0.05, 0) is 31.9 Å². The Morgan fingerprint density at radius 3 is 2.67 bits per heavy atom. The zero-order valence-corrected chi connectivity index (χ0v) is 14.0. The summed E-state index contributed by atoms with van der Waals surface area (Å²) in [7, 11) is 2.91. The van der Waals surface area contributed by atoms with Crippen LogP contribution >= 0.6 is 0 Å². The average molecular weight is 337 g/mol. The van der Waals surface area contributed by atoms with Gasteiger partial charge in [-0.3, -0.25) is 14.9 Å². The number of benzene rings is 1. The largest absolute Gasteiger partial charge is 0.493 e. The Kier molecular flexibility index (Phi) is 6.36. The molecule has 0 bridgehead atoms. The lowest BCUT2D eigenvalue weighted by Gasteiger charge is -2.12. The minimum absolute atomic E-state index is 0.0423. The number of amides is 1. The fourth-order valence-electron chi connectivity index (χ4n) is 2.84. The molecule has 0 radical (unpaired) electrons. The molecule has 0 aromatic heterocycles. The second-order valence-corrected chi connectivity index (χ2v) is 5.69. The second-order valence-electron chi connectivity index (χ2n) is 5.69. The molecule has 0 saturated carbocycles. The number of rotatable bonds is 8. The first-order valence-electron chi connectivity index (χ1n) is 7.94. The molecule has 2 N–H and O–H groups in total. The number of hydrogen-bond acceptors (Lipinski definition) is 6. The summed E-state index contributed by atoms with van der Waals surface area (Å²) >= 11 is 0. The first-order valence-corrected chi connectivity index (χ1v) is 7.94. The van der Waals surface area contributed by atoms with Crippen molar-refractivity contribution in [2.75, 3.05) is 27.3 Å². The summed E-state index contributed by atoms with van der Waals surface area (Å²) in [5, 5.41) is 17.3. The Balaban J connectivity index is 1.97. The van der Waals surface area contributed by atoms with Crippen molar-refractivity contribution in [3.63, 3.8) is 0 Å². The average Bonchev–Trinajstić information content (AvgIpc) is 3.06. The Morgan fingerprint density at radius 1 is 1.38 bits per heavy atom. The molecule has 1 saturated heterocycles. The second kappa shape index (κ2) is 8.49. The van der Waals surface area contributed by atoms with Gasteiger partial charge in [0, 0.05) is 24.6 Å². The van der Waals surface area contributed by atoms with Crippen LogP contribution in [-0.4, -0.2) is 44.2 Å². The summed E-state index contributed by atoms with van der Waals surface area (Å²) in [6, 6.07) is 3.17. The van der Waals surface area contributed by atoms with Gasteiger partial charge in [-0.15, -0.1) is 0 Å². The first kappa shape index (κ1) is 18.0. The molecular formula is C16H23N3O5. The highest BCUT2D eigenvalue weighted by Crippen LogP contribution is 2.34. The zero-order valence-electron chi connectivity index (χ0n) is 14.0. The van der Waals surface area contributed by atoms with Crippen molar-refractivity contribution in [2.24, 2.45) is 0 Å². The number of ether oxygens (including phenoxy) is 2. The molecule has 1 heterocycles. The van der Waals surface area contributed by atoms with Crippen molar-refractivity contribution < 1.29 is 19.2 Å². The standard InChI is InChI=1S/C16H23N3O5/c1-23-14-8-11(13(19(21)22)10-15(14)24-2)5-7-18-16(20)9-12-4-3-6-17-12/h8,10,12,17H,3-7,9H2,1-2H3,(H,18,20). The van der Waals surface area contributed by atoms with Gasteiger partial charge in [0.15, 0.2) is 11.5 Å². The Bertz CT molecular complexity index is 600. The van der Waals surface area contributed by atoms with E-state index in [0.29, 0.717) is 36.4 Å². The van der Waals surface area contributed by atoms with Gasteiger partial charge >= 0.3 is 0 Å². The maximum Gasteiger partial charge on any atom is 0.276 e. The minimum atomic E-state index is -0.457. The van der Waals surface area contributed by atoms with Crippen molar-refractivity contribution in [1.82, 2.24) is 10.6 Å². The number of carbonyl (C=O) groups excluding carboxylic acids is 1. The normalized spacial score (nSPS) is 16.7. The summed E-state index contributed by atoms with van der Waals surface area (Å²) in [4.78, 5) is 22.7. The van der Waals surface area contributed by atoms with Gasteiger partial charge < -0.3 is 20.1 Å². The van der Waals surface area contributed by atoms with Gasteiger partial charge in [-0.2, -0.15) is 0 Å². The molecule has 1 unspecified atom stereocenters. The van der Waals surface area contributed by atoms with E-state index in [1.807, 2.05) is 0 Å². The van der Waals surface area contributed by atoms with Gasteiger partial charge in [0.1, 0.15) is 0 Å². The summed E-state index contributed by atoms with van der Waals surface area (Å²) in [5.74, 6) is 0.696. The van der Waals surface area contributed by atoms with Crippen LogP contribution in [0.3, 0.4) is 0 Å². The van der Waals surface area contributed by atoms with E-state index in [2.05, 4.69) is 10.6 Å². The molecule has 1 aromatic rings. The molecule has 24 heavy (non-hydrogen) atoms. The number of nitrogens with zero attached hydrogens (tertiary/aromatic N) is 1. The predicted octanol–water partition coefficient (Wildman–Crippen LogP) is 1.41. The third kappa shape index (κ3) is 4.58. The van der Waals surface area contributed by atoms with Gasteiger partial charge in [0.25, 0.3) is 5.69 Å². The molecule has 1 atom stereocenters. The maximum absolute atomic E-state index is 11.9. The fourth-order valence-corrected chi connectivity index (χ4v) is 2.84. The molecule has 132 valence electrons. The van der Waals surface area contributed by atoms with E-state index in [1.165, 1.54) is 20.3 Å². The molecule has 1 aromatic carbocycles. The number of nitro groups is 1. The Hall–Kier alpha value is -2.35. The maximum atomic E-state index is 11.9. The summed E-state index contributed by atoms with van der Waals surface area (Å²) in [6.45, 7) is 1.29. The summed E-state index contributed by atoms with van der Waals surface area (Å²) in [5.41, 5.74) is 0.455. The quantitative estimate of drug-likeness (QED) is 0.549. The Labute approximate surface area is 140 Å². The smallest absolute Gasteiger partial charge is 0.276 e. The summed E-state index contributed by atoms with van der Waals surface area (Å²) < 4.78 is 10.3. The lowest BCUT2D eigenvalue weighted by molar-refractivity contribution is -0.385.